The lowest BCUT2D eigenvalue weighted by Crippen LogP contribution is -2.45. The Balaban J connectivity index is 2.30. The Morgan fingerprint density at radius 2 is 2.18 bits per heavy atom. The maximum Gasteiger partial charge on any atom is 0.219 e. The van der Waals surface area contributed by atoms with Gasteiger partial charge in [-0.3, -0.25) is 0 Å². The van der Waals surface area contributed by atoms with Gasteiger partial charge in [0.25, 0.3) is 0 Å². The molecule has 0 radical (unpaired) electrons. The van der Waals surface area contributed by atoms with Crippen LogP contribution >= 0.6 is 15.9 Å². The third kappa shape index (κ3) is 4.15. The van der Waals surface area contributed by atoms with E-state index in [1.807, 2.05) is 0 Å². The van der Waals surface area contributed by atoms with Crippen LogP contribution in [0.4, 0.5) is 5.82 Å². The minimum Gasteiger partial charge on any atom is -0.377 e. The van der Waals surface area contributed by atoms with Gasteiger partial charge in [0.05, 0.1) is 24.9 Å². The smallest absolute Gasteiger partial charge is 0.219 e. The second kappa shape index (κ2) is 7.20. The van der Waals surface area contributed by atoms with E-state index in [1.165, 1.54) is 18.4 Å². The van der Waals surface area contributed by atoms with Gasteiger partial charge in [-0.2, -0.15) is 0 Å². The van der Waals surface area contributed by atoms with Crippen LogP contribution < -0.4 is 4.90 Å². The Hall–Kier alpha value is -0.770. The molecule has 9 heteroatoms. The first kappa shape index (κ1) is 17.6. The number of anilines is 1. The number of morpholine rings is 1. The molecule has 0 unspecified atom stereocenters. The summed E-state index contributed by atoms with van der Waals surface area (Å²) in [5.41, 5.74) is 0.479. The lowest BCUT2D eigenvalue weighted by molar-refractivity contribution is 0.0925. The molecule has 0 saturated carbocycles. The molecule has 1 saturated heterocycles. The third-order valence-electron chi connectivity index (χ3n) is 3.62. The van der Waals surface area contributed by atoms with Crippen molar-refractivity contribution in [2.24, 2.45) is 0 Å². The van der Waals surface area contributed by atoms with Crippen LogP contribution in [0.1, 0.15) is 19.0 Å². The second-order valence-electron chi connectivity index (χ2n) is 5.36. The summed E-state index contributed by atoms with van der Waals surface area (Å²) in [5, 5.41) is 0. The van der Waals surface area contributed by atoms with Crippen molar-refractivity contribution in [3.8, 4) is 0 Å². The van der Waals surface area contributed by atoms with E-state index in [1.54, 1.807) is 6.07 Å². The van der Waals surface area contributed by atoms with E-state index >= 15 is 0 Å². The van der Waals surface area contributed by atoms with Crippen molar-refractivity contribution < 1.29 is 13.2 Å². The maximum absolute atomic E-state index is 12.0. The van der Waals surface area contributed by atoms with Gasteiger partial charge in [-0.05, 0) is 22.4 Å². The van der Waals surface area contributed by atoms with E-state index in [-0.39, 0.29) is 11.8 Å². The van der Waals surface area contributed by atoms with Crippen LogP contribution in [-0.2, 0) is 20.5 Å². The number of nitrogens with zero attached hydrogens (tertiary/aromatic N) is 4. The van der Waals surface area contributed by atoms with E-state index in [9.17, 15) is 8.42 Å². The molecule has 0 bridgehead atoms. The molecule has 2 heterocycles. The summed E-state index contributed by atoms with van der Waals surface area (Å²) >= 11 is 3.28. The second-order valence-corrected chi connectivity index (χ2v) is 8.25. The number of aromatic nitrogens is 2. The van der Waals surface area contributed by atoms with Crippen molar-refractivity contribution in [3.05, 3.63) is 16.5 Å². The molecular weight excluding hydrogens is 372 g/mol. The number of hydrogen-bond acceptors (Lipinski definition) is 6. The van der Waals surface area contributed by atoms with E-state index in [0.717, 1.165) is 18.8 Å². The van der Waals surface area contributed by atoms with E-state index in [4.69, 9.17) is 4.74 Å². The highest BCUT2D eigenvalue weighted by Crippen LogP contribution is 2.22. The van der Waals surface area contributed by atoms with Crippen LogP contribution in [-0.4, -0.2) is 62.6 Å². The molecule has 1 aromatic heterocycles. The minimum absolute atomic E-state index is 0.144. The molecule has 1 atom stereocenters. The number of rotatable bonds is 5. The summed E-state index contributed by atoms with van der Waals surface area (Å²) in [4.78, 5) is 10.7. The van der Waals surface area contributed by atoms with Crippen LogP contribution in [0.2, 0.25) is 0 Å². The van der Waals surface area contributed by atoms with Gasteiger partial charge in [0.15, 0.2) is 4.73 Å². The van der Waals surface area contributed by atoms with Gasteiger partial charge in [0, 0.05) is 26.7 Å². The quantitative estimate of drug-likeness (QED) is 0.701. The van der Waals surface area contributed by atoms with Gasteiger partial charge in [-0.1, -0.05) is 6.92 Å². The number of ether oxygens (including phenoxy) is 1. The highest BCUT2D eigenvalue weighted by atomic mass is 79.9. The Morgan fingerprint density at radius 3 is 2.82 bits per heavy atom. The summed E-state index contributed by atoms with van der Waals surface area (Å²) in [7, 11) is -0.325. The summed E-state index contributed by atoms with van der Waals surface area (Å²) in [6.45, 7) is 4.13. The zero-order valence-electron chi connectivity index (χ0n) is 13.0. The molecule has 0 aromatic carbocycles. The largest absolute Gasteiger partial charge is 0.377 e. The molecule has 124 valence electrons. The van der Waals surface area contributed by atoms with Gasteiger partial charge >= 0.3 is 0 Å². The van der Waals surface area contributed by atoms with E-state index in [0.29, 0.717) is 23.6 Å². The zero-order valence-corrected chi connectivity index (χ0v) is 15.4. The average molecular weight is 393 g/mol. The third-order valence-corrected chi connectivity index (χ3v) is 5.75. The van der Waals surface area contributed by atoms with Gasteiger partial charge in [-0.25, -0.2) is 22.7 Å². The van der Waals surface area contributed by atoms with E-state index in [2.05, 4.69) is 37.7 Å². The average Bonchev–Trinajstić information content (AvgIpc) is 2.46. The molecule has 0 aliphatic carbocycles. The summed E-state index contributed by atoms with van der Waals surface area (Å²) in [6.07, 6.45) is 0.937. The summed E-state index contributed by atoms with van der Waals surface area (Å²) in [5.74, 6) is 0.593. The van der Waals surface area contributed by atoms with Crippen LogP contribution in [0.15, 0.2) is 10.8 Å². The van der Waals surface area contributed by atoms with Crippen LogP contribution in [0.25, 0.3) is 0 Å². The fraction of sp³-hybridized carbons (Fsp3) is 0.692. The first-order chi connectivity index (χ1) is 10.3. The van der Waals surface area contributed by atoms with E-state index < -0.39 is 10.0 Å². The van der Waals surface area contributed by atoms with Crippen LogP contribution in [0, 0.1) is 0 Å². The van der Waals surface area contributed by atoms with Crippen LogP contribution in [0.5, 0.6) is 0 Å². The van der Waals surface area contributed by atoms with Crippen molar-refractivity contribution in [2.45, 2.75) is 25.1 Å². The SMILES string of the molecule is CC[C@H]1COCCN1c1cc(CS(=O)(=O)N(C)C)nc(Br)n1. The standard InChI is InChI=1S/C13H21BrN4O3S/c1-4-11-8-21-6-5-18(11)12-7-10(15-13(14)16-12)9-22(19,20)17(2)3/h7,11H,4-6,8-9H2,1-3H3/t11-/m0/s1. The number of hydrogen-bond donors (Lipinski definition) is 0. The first-order valence-corrected chi connectivity index (χ1v) is 9.51. The van der Waals surface area contributed by atoms with Crippen molar-refractivity contribution >= 4 is 31.8 Å². The molecule has 1 aliphatic heterocycles. The lowest BCUT2D eigenvalue weighted by Gasteiger charge is -2.36. The van der Waals surface area contributed by atoms with Crippen molar-refractivity contribution in [1.82, 2.24) is 14.3 Å². The normalized spacial score (nSPS) is 19.7. The summed E-state index contributed by atoms with van der Waals surface area (Å²) in [6, 6.07) is 1.99. The Labute approximate surface area is 139 Å². The maximum atomic E-state index is 12.0. The fourth-order valence-electron chi connectivity index (χ4n) is 2.28. The monoisotopic (exact) mass is 392 g/mol. The topological polar surface area (TPSA) is 75.6 Å². The molecule has 1 aliphatic rings. The number of halogens is 1. The first-order valence-electron chi connectivity index (χ1n) is 7.11. The van der Waals surface area contributed by atoms with Crippen molar-refractivity contribution in [3.63, 3.8) is 0 Å². The molecule has 2 rings (SSSR count). The molecule has 1 fully saturated rings. The van der Waals surface area contributed by atoms with Gasteiger partial charge in [0.2, 0.25) is 10.0 Å². The van der Waals surface area contributed by atoms with Crippen molar-refractivity contribution in [1.29, 1.82) is 0 Å². The predicted octanol–water partition coefficient (Wildman–Crippen LogP) is 1.25. The highest BCUT2D eigenvalue weighted by Gasteiger charge is 2.24. The Kier molecular flexibility index (Phi) is 5.76. The minimum atomic E-state index is -3.36. The predicted molar refractivity (Wildman–Crippen MR) is 88.3 cm³/mol. The highest BCUT2D eigenvalue weighted by molar-refractivity contribution is 9.10. The van der Waals surface area contributed by atoms with Crippen LogP contribution in [0.3, 0.4) is 0 Å². The molecule has 7 nitrogen and oxygen atoms in total. The van der Waals surface area contributed by atoms with Crippen molar-refractivity contribution in [2.75, 3.05) is 38.8 Å². The van der Waals surface area contributed by atoms with Gasteiger partial charge in [-0.15, -0.1) is 0 Å². The number of sulfonamides is 1. The van der Waals surface area contributed by atoms with Gasteiger partial charge < -0.3 is 9.64 Å². The molecule has 1 aromatic rings. The molecule has 0 amide bonds. The molecule has 22 heavy (non-hydrogen) atoms. The molecular formula is C13H21BrN4O3S. The zero-order chi connectivity index (χ0) is 16.3. The Morgan fingerprint density at radius 1 is 1.45 bits per heavy atom. The molecule has 0 N–H and O–H groups in total. The lowest BCUT2D eigenvalue weighted by atomic mass is 10.2. The fourth-order valence-corrected chi connectivity index (χ4v) is 3.47. The summed E-state index contributed by atoms with van der Waals surface area (Å²) < 4.78 is 31.2. The molecule has 0 spiro atoms. The van der Waals surface area contributed by atoms with Gasteiger partial charge in [0.1, 0.15) is 11.6 Å². The Bertz CT molecular complexity index is 624.